The van der Waals surface area contributed by atoms with Crippen LogP contribution in [0, 0.1) is 11.7 Å². The number of amides is 1. The summed E-state index contributed by atoms with van der Waals surface area (Å²) in [5, 5.41) is 9.33. The van der Waals surface area contributed by atoms with Crippen molar-refractivity contribution in [3.63, 3.8) is 0 Å². The summed E-state index contributed by atoms with van der Waals surface area (Å²) >= 11 is 0. The van der Waals surface area contributed by atoms with Crippen molar-refractivity contribution in [1.82, 2.24) is 4.90 Å². The van der Waals surface area contributed by atoms with Gasteiger partial charge < -0.3 is 14.7 Å². The fourth-order valence-electron chi connectivity index (χ4n) is 2.79. The summed E-state index contributed by atoms with van der Waals surface area (Å²) in [6.07, 6.45) is -0.264. The van der Waals surface area contributed by atoms with Crippen molar-refractivity contribution in [1.29, 1.82) is 0 Å². The molecule has 1 heterocycles. The van der Waals surface area contributed by atoms with Crippen LogP contribution in [0.5, 0.6) is 0 Å². The molecule has 1 aromatic carbocycles. The van der Waals surface area contributed by atoms with Gasteiger partial charge in [-0.2, -0.15) is 0 Å². The minimum atomic E-state index is -0.986. The topological polar surface area (TPSA) is 66.8 Å². The van der Waals surface area contributed by atoms with E-state index >= 15 is 0 Å². The average molecular weight is 323 g/mol. The molecule has 23 heavy (non-hydrogen) atoms. The molecule has 1 amide bonds. The summed E-state index contributed by atoms with van der Waals surface area (Å²) < 4.78 is 19.3. The Morgan fingerprint density at radius 1 is 1.26 bits per heavy atom. The van der Waals surface area contributed by atoms with Crippen molar-refractivity contribution in [3.05, 3.63) is 35.6 Å². The van der Waals surface area contributed by atoms with Gasteiger partial charge in [0.2, 0.25) is 0 Å². The molecule has 6 heteroatoms. The smallest absolute Gasteiger partial charge is 0.410 e. The average Bonchev–Trinajstić information content (AvgIpc) is 2.45. The van der Waals surface area contributed by atoms with E-state index in [-0.39, 0.29) is 24.8 Å². The molecule has 1 fully saturated rings. The van der Waals surface area contributed by atoms with E-state index in [1.54, 1.807) is 39.0 Å². The van der Waals surface area contributed by atoms with Crippen molar-refractivity contribution >= 4 is 12.1 Å². The lowest BCUT2D eigenvalue weighted by atomic mass is 9.84. The van der Waals surface area contributed by atoms with Crippen molar-refractivity contribution < 1.29 is 23.8 Å². The van der Waals surface area contributed by atoms with Crippen LogP contribution in [0.2, 0.25) is 0 Å². The van der Waals surface area contributed by atoms with Gasteiger partial charge in [-0.25, -0.2) is 9.18 Å². The van der Waals surface area contributed by atoms with E-state index < -0.39 is 23.6 Å². The van der Waals surface area contributed by atoms with Gasteiger partial charge in [-0.05, 0) is 38.8 Å². The minimum Gasteiger partial charge on any atom is -0.481 e. The Balaban J connectivity index is 2.23. The summed E-state index contributed by atoms with van der Waals surface area (Å²) in [5.41, 5.74) is -0.229. The summed E-state index contributed by atoms with van der Waals surface area (Å²) in [5.74, 6) is -2.47. The first-order valence-electron chi connectivity index (χ1n) is 7.62. The molecule has 0 saturated carbocycles. The zero-order valence-electron chi connectivity index (χ0n) is 13.6. The van der Waals surface area contributed by atoms with Gasteiger partial charge in [-0.3, -0.25) is 4.79 Å². The second kappa shape index (κ2) is 6.56. The van der Waals surface area contributed by atoms with E-state index in [2.05, 4.69) is 0 Å². The molecule has 0 bridgehead atoms. The summed E-state index contributed by atoms with van der Waals surface area (Å²) in [7, 11) is 0. The Labute approximate surface area is 135 Å². The predicted molar refractivity (Wildman–Crippen MR) is 82.7 cm³/mol. The van der Waals surface area contributed by atoms with Crippen LogP contribution in [-0.2, 0) is 9.53 Å². The number of hydrogen-bond acceptors (Lipinski definition) is 3. The number of likely N-dealkylation sites (tertiary alicyclic amines) is 1. The van der Waals surface area contributed by atoms with Crippen LogP contribution in [0.3, 0.4) is 0 Å². The summed E-state index contributed by atoms with van der Waals surface area (Å²) in [6, 6.07) is 6.28. The number of aliphatic carboxylic acids is 1. The third kappa shape index (κ3) is 4.43. The largest absolute Gasteiger partial charge is 0.481 e. The first-order valence-corrected chi connectivity index (χ1v) is 7.62. The highest BCUT2D eigenvalue weighted by molar-refractivity contribution is 5.73. The fraction of sp³-hybridized carbons (Fsp3) is 0.529. The minimum absolute atomic E-state index is 0.0786. The maximum absolute atomic E-state index is 14.0. The molecular formula is C17H22FNO4. The quantitative estimate of drug-likeness (QED) is 0.907. The molecule has 1 aliphatic heterocycles. The van der Waals surface area contributed by atoms with E-state index in [1.165, 1.54) is 11.0 Å². The number of ether oxygens (including phenoxy) is 1. The van der Waals surface area contributed by atoms with E-state index in [4.69, 9.17) is 4.74 Å². The molecule has 5 nitrogen and oxygen atoms in total. The zero-order chi connectivity index (χ0) is 17.2. The van der Waals surface area contributed by atoms with Crippen molar-refractivity contribution in [3.8, 4) is 0 Å². The number of carboxylic acids is 1. The number of rotatable bonds is 2. The third-order valence-electron chi connectivity index (χ3n) is 3.80. The Hall–Kier alpha value is -2.11. The van der Waals surface area contributed by atoms with E-state index in [1.807, 2.05) is 0 Å². The van der Waals surface area contributed by atoms with Crippen LogP contribution in [0.25, 0.3) is 0 Å². The number of hydrogen-bond donors (Lipinski definition) is 1. The normalized spacial score (nSPS) is 21.8. The Kier molecular flexibility index (Phi) is 4.92. The molecule has 1 saturated heterocycles. The van der Waals surface area contributed by atoms with E-state index in [0.717, 1.165) is 0 Å². The number of piperidine rings is 1. The van der Waals surface area contributed by atoms with E-state index in [9.17, 15) is 19.1 Å². The molecule has 2 atom stereocenters. The fourth-order valence-corrected chi connectivity index (χ4v) is 2.79. The van der Waals surface area contributed by atoms with Crippen LogP contribution in [0.4, 0.5) is 9.18 Å². The van der Waals surface area contributed by atoms with Gasteiger partial charge in [-0.1, -0.05) is 18.2 Å². The maximum atomic E-state index is 14.0. The van der Waals surface area contributed by atoms with Crippen molar-refractivity contribution in [2.45, 2.75) is 38.7 Å². The highest BCUT2D eigenvalue weighted by Crippen LogP contribution is 2.32. The van der Waals surface area contributed by atoms with Crippen LogP contribution < -0.4 is 0 Å². The molecule has 0 aromatic heterocycles. The standard InChI is InChI=1S/C17H22FNO4/c1-17(2,3)23-16(22)19-9-11(8-12(10-19)15(20)21)13-6-4-5-7-14(13)18/h4-7,11-12H,8-10H2,1-3H3,(H,20,21). The van der Waals surface area contributed by atoms with Crippen LogP contribution in [-0.4, -0.2) is 40.8 Å². The molecule has 1 N–H and O–H groups in total. The Morgan fingerprint density at radius 3 is 2.48 bits per heavy atom. The van der Waals surface area contributed by atoms with Gasteiger partial charge in [0.1, 0.15) is 11.4 Å². The first kappa shape index (κ1) is 17.2. The SMILES string of the molecule is CC(C)(C)OC(=O)N1CC(C(=O)O)CC(c2ccccc2F)C1. The maximum Gasteiger partial charge on any atom is 0.410 e. The Bertz CT molecular complexity index is 597. The number of carbonyl (C=O) groups is 2. The highest BCUT2D eigenvalue weighted by Gasteiger charge is 2.36. The second-order valence-electron chi connectivity index (χ2n) is 6.87. The number of halogens is 1. The molecule has 1 aromatic rings. The molecule has 2 rings (SSSR count). The van der Waals surface area contributed by atoms with Gasteiger partial charge in [0.15, 0.2) is 0 Å². The molecule has 0 radical (unpaired) electrons. The second-order valence-corrected chi connectivity index (χ2v) is 6.87. The van der Waals surface area contributed by atoms with Gasteiger partial charge in [0.05, 0.1) is 5.92 Å². The van der Waals surface area contributed by atoms with Gasteiger partial charge >= 0.3 is 12.1 Å². The van der Waals surface area contributed by atoms with Crippen molar-refractivity contribution in [2.24, 2.45) is 5.92 Å². The van der Waals surface area contributed by atoms with E-state index in [0.29, 0.717) is 12.0 Å². The molecular weight excluding hydrogens is 301 g/mol. The number of carbonyl (C=O) groups excluding carboxylic acids is 1. The molecule has 126 valence electrons. The van der Waals surface area contributed by atoms with Gasteiger partial charge in [0, 0.05) is 19.0 Å². The number of carboxylic acid groups (broad SMARTS) is 1. The monoisotopic (exact) mass is 323 g/mol. The van der Waals surface area contributed by atoms with Gasteiger partial charge in [-0.15, -0.1) is 0 Å². The highest BCUT2D eigenvalue weighted by atomic mass is 19.1. The number of nitrogens with zero attached hydrogens (tertiary/aromatic N) is 1. The lowest BCUT2D eigenvalue weighted by Crippen LogP contribution is -2.47. The number of benzene rings is 1. The van der Waals surface area contributed by atoms with Gasteiger partial charge in [0.25, 0.3) is 0 Å². The predicted octanol–water partition coefficient (Wildman–Crippen LogP) is 3.25. The first-order chi connectivity index (χ1) is 10.7. The van der Waals surface area contributed by atoms with Crippen molar-refractivity contribution in [2.75, 3.05) is 13.1 Å². The Morgan fingerprint density at radius 2 is 1.91 bits per heavy atom. The lowest BCUT2D eigenvalue weighted by Gasteiger charge is -2.37. The molecule has 2 unspecified atom stereocenters. The zero-order valence-corrected chi connectivity index (χ0v) is 13.6. The van der Waals surface area contributed by atoms with Crippen LogP contribution in [0.1, 0.15) is 38.7 Å². The summed E-state index contributed by atoms with van der Waals surface area (Å²) in [6.45, 7) is 5.57. The molecule has 0 aliphatic carbocycles. The summed E-state index contributed by atoms with van der Waals surface area (Å²) in [4.78, 5) is 25.0. The third-order valence-corrected chi connectivity index (χ3v) is 3.80. The molecule has 0 spiro atoms. The lowest BCUT2D eigenvalue weighted by molar-refractivity contribution is -0.143. The van der Waals surface area contributed by atoms with Crippen LogP contribution >= 0.6 is 0 Å². The molecule has 1 aliphatic rings. The van der Waals surface area contributed by atoms with Crippen LogP contribution in [0.15, 0.2) is 24.3 Å².